The van der Waals surface area contributed by atoms with Crippen LogP contribution in [0.3, 0.4) is 0 Å². The number of hydrogen-bond acceptors (Lipinski definition) is 3. The number of carbonyl (C=O) groups is 1. The molecule has 0 atom stereocenters. The fourth-order valence-electron chi connectivity index (χ4n) is 3.59. The maximum absolute atomic E-state index is 12.5. The number of halogens is 1. The number of nitrogens with zero attached hydrogens (tertiary/aromatic N) is 4. The summed E-state index contributed by atoms with van der Waals surface area (Å²) in [4.78, 5) is 17.9. The summed E-state index contributed by atoms with van der Waals surface area (Å²) in [6.45, 7) is 1.59. The van der Waals surface area contributed by atoms with Gasteiger partial charge in [0, 0.05) is 42.0 Å². The second-order valence-electron chi connectivity index (χ2n) is 6.93. The van der Waals surface area contributed by atoms with Crippen molar-refractivity contribution in [2.24, 2.45) is 0 Å². The van der Waals surface area contributed by atoms with E-state index >= 15 is 0 Å². The van der Waals surface area contributed by atoms with Gasteiger partial charge in [-0.2, -0.15) is 0 Å². The van der Waals surface area contributed by atoms with E-state index in [1.807, 2.05) is 39.8 Å². The number of aromatic nitrogens is 4. The Morgan fingerprint density at radius 2 is 1.78 bits per heavy atom. The van der Waals surface area contributed by atoms with Gasteiger partial charge < -0.3 is 14.5 Å². The number of nitrogens with one attached hydrogen (secondary N) is 1. The maximum Gasteiger partial charge on any atom is 0.222 e. The third kappa shape index (κ3) is 4.22. The Morgan fingerprint density at radius 3 is 2.48 bits per heavy atom. The van der Waals surface area contributed by atoms with Crippen molar-refractivity contribution in [2.75, 3.05) is 13.1 Å². The highest BCUT2D eigenvalue weighted by molar-refractivity contribution is 6.30. The number of likely N-dealkylation sites (tertiary alicyclic amines) is 1. The number of piperidine rings is 1. The van der Waals surface area contributed by atoms with Crippen LogP contribution >= 0.6 is 11.6 Å². The third-order valence-corrected chi connectivity index (χ3v) is 5.44. The van der Waals surface area contributed by atoms with Gasteiger partial charge in [-0.05, 0) is 49.1 Å². The molecule has 4 rings (SSSR count). The summed E-state index contributed by atoms with van der Waals surface area (Å²) >= 11 is 5.94. The number of carbonyl (C=O) groups excluding carboxylic acids is 1. The number of benzene rings is 1. The van der Waals surface area contributed by atoms with Gasteiger partial charge in [-0.1, -0.05) is 23.7 Å². The van der Waals surface area contributed by atoms with Crippen molar-refractivity contribution in [3.8, 4) is 11.3 Å². The van der Waals surface area contributed by atoms with Crippen molar-refractivity contribution in [1.82, 2.24) is 24.6 Å². The highest BCUT2D eigenvalue weighted by Crippen LogP contribution is 2.23. The molecule has 1 amide bonds. The zero-order chi connectivity index (χ0) is 18.6. The third-order valence-electron chi connectivity index (χ3n) is 5.19. The fourth-order valence-corrected chi connectivity index (χ4v) is 3.72. The molecule has 1 aliphatic rings. The van der Waals surface area contributed by atoms with Crippen LogP contribution in [-0.4, -0.2) is 43.6 Å². The fraction of sp³-hybridized carbons (Fsp3) is 0.350. The first-order valence-corrected chi connectivity index (χ1v) is 9.62. The van der Waals surface area contributed by atoms with Crippen molar-refractivity contribution in [2.45, 2.75) is 31.7 Å². The lowest BCUT2D eigenvalue weighted by molar-refractivity contribution is -0.132. The molecule has 1 saturated heterocycles. The predicted molar refractivity (Wildman–Crippen MR) is 104 cm³/mol. The van der Waals surface area contributed by atoms with Crippen molar-refractivity contribution in [3.05, 3.63) is 59.8 Å². The van der Waals surface area contributed by atoms with Gasteiger partial charge in [0.15, 0.2) is 0 Å². The van der Waals surface area contributed by atoms with Crippen LogP contribution in [0, 0.1) is 0 Å². The van der Waals surface area contributed by atoms with Crippen molar-refractivity contribution in [3.63, 3.8) is 0 Å². The second-order valence-corrected chi connectivity index (χ2v) is 7.36. The number of aryl methyl sites for hydroxylation is 1. The van der Waals surface area contributed by atoms with Crippen molar-refractivity contribution < 1.29 is 4.79 Å². The molecular formula is C20H22ClN5O. The first kappa shape index (κ1) is 17.8. The molecular weight excluding hydrogens is 362 g/mol. The molecule has 0 saturated carbocycles. The molecule has 140 valence electrons. The Kier molecular flexibility index (Phi) is 5.25. The summed E-state index contributed by atoms with van der Waals surface area (Å²) in [5.74, 6) is 0.222. The monoisotopic (exact) mass is 383 g/mol. The van der Waals surface area contributed by atoms with Crippen molar-refractivity contribution in [1.29, 1.82) is 0 Å². The molecule has 2 aromatic heterocycles. The quantitative estimate of drug-likeness (QED) is 0.730. The van der Waals surface area contributed by atoms with Gasteiger partial charge in [0.2, 0.25) is 5.91 Å². The van der Waals surface area contributed by atoms with E-state index in [1.54, 1.807) is 12.7 Å². The largest absolute Gasteiger partial charge is 0.358 e. The molecule has 0 spiro atoms. The zero-order valence-electron chi connectivity index (χ0n) is 15.0. The number of amides is 1. The molecule has 3 aromatic rings. The van der Waals surface area contributed by atoms with Crippen LogP contribution < -0.4 is 0 Å². The number of aromatic amines is 1. The minimum absolute atomic E-state index is 0.222. The van der Waals surface area contributed by atoms with Crippen LogP contribution in [0.2, 0.25) is 5.02 Å². The summed E-state index contributed by atoms with van der Waals surface area (Å²) in [5, 5.41) is 8.46. The summed E-state index contributed by atoms with van der Waals surface area (Å²) < 4.78 is 2.04. The highest BCUT2D eigenvalue weighted by Gasteiger charge is 2.23. The lowest BCUT2D eigenvalue weighted by atomic mass is 10.0. The molecule has 1 aromatic carbocycles. The first-order valence-electron chi connectivity index (χ1n) is 9.25. The minimum Gasteiger partial charge on any atom is -0.358 e. The van der Waals surface area contributed by atoms with Crippen LogP contribution in [0.4, 0.5) is 0 Å². The molecule has 0 unspecified atom stereocenters. The van der Waals surface area contributed by atoms with E-state index in [0.717, 1.165) is 54.3 Å². The van der Waals surface area contributed by atoms with Gasteiger partial charge in [0.25, 0.3) is 0 Å². The first-order chi connectivity index (χ1) is 13.2. The maximum atomic E-state index is 12.5. The minimum atomic E-state index is 0.222. The van der Waals surface area contributed by atoms with Gasteiger partial charge in [0.1, 0.15) is 12.7 Å². The van der Waals surface area contributed by atoms with Crippen LogP contribution in [-0.2, 0) is 11.2 Å². The number of H-pyrrole nitrogens is 1. The molecule has 6 nitrogen and oxygen atoms in total. The Labute approximate surface area is 163 Å². The molecule has 7 heteroatoms. The number of rotatable bonds is 5. The number of hydrogen-bond donors (Lipinski definition) is 1. The standard InChI is InChI=1S/C20H22ClN5O/c21-16-3-1-15(2-4-16)19-7-5-17(24-19)6-8-20(27)25-11-9-18(10-12-25)26-13-22-23-14-26/h1-5,7,13-14,18,24H,6,8-12H2. The van der Waals surface area contributed by atoms with E-state index in [9.17, 15) is 4.79 Å². The van der Waals surface area contributed by atoms with Crippen LogP contribution in [0.1, 0.15) is 31.0 Å². The van der Waals surface area contributed by atoms with E-state index < -0.39 is 0 Å². The SMILES string of the molecule is O=C(CCc1ccc(-c2ccc(Cl)cc2)[nH]1)N1CCC(n2cnnc2)CC1. The molecule has 0 radical (unpaired) electrons. The lowest BCUT2D eigenvalue weighted by Gasteiger charge is -2.32. The normalized spacial score (nSPS) is 15.2. The van der Waals surface area contributed by atoms with E-state index in [-0.39, 0.29) is 5.91 Å². The van der Waals surface area contributed by atoms with Gasteiger partial charge in [-0.3, -0.25) is 4.79 Å². The zero-order valence-corrected chi connectivity index (χ0v) is 15.8. The lowest BCUT2D eigenvalue weighted by Crippen LogP contribution is -2.39. The Morgan fingerprint density at radius 1 is 1.07 bits per heavy atom. The van der Waals surface area contributed by atoms with Crippen LogP contribution in [0.5, 0.6) is 0 Å². The molecule has 1 aliphatic heterocycles. The van der Waals surface area contributed by atoms with E-state index in [0.29, 0.717) is 12.5 Å². The summed E-state index contributed by atoms with van der Waals surface area (Å²) in [7, 11) is 0. The molecule has 0 bridgehead atoms. The molecule has 3 heterocycles. The molecule has 27 heavy (non-hydrogen) atoms. The summed E-state index contributed by atoms with van der Waals surface area (Å²) in [6.07, 6.45) is 6.66. The van der Waals surface area contributed by atoms with Gasteiger partial charge >= 0.3 is 0 Å². The molecule has 1 N–H and O–H groups in total. The Bertz CT molecular complexity index is 880. The van der Waals surface area contributed by atoms with Gasteiger partial charge in [-0.25, -0.2) is 0 Å². The average Bonchev–Trinajstić information content (AvgIpc) is 3.39. The average molecular weight is 384 g/mol. The van der Waals surface area contributed by atoms with Crippen molar-refractivity contribution >= 4 is 17.5 Å². The molecule has 1 fully saturated rings. The van der Waals surface area contributed by atoms with E-state index in [1.165, 1.54) is 0 Å². The van der Waals surface area contributed by atoms with Gasteiger partial charge in [-0.15, -0.1) is 10.2 Å². The molecule has 0 aliphatic carbocycles. The Balaban J connectivity index is 1.28. The topological polar surface area (TPSA) is 66.8 Å². The van der Waals surface area contributed by atoms with E-state index in [4.69, 9.17) is 11.6 Å². The smallest absolute Gasteiger partial charge is 0.222 e. The Hall–Kier alpha value is -2.60. The van der Waals surface area contributed by atoms with Crippen LogP contribution in [0.15, 0.2) is 49.1 Å². The summed E-state index contributed by atoms with van der Waals surface area (Å²) in [5.41, 5.74) is 3.21. The highest BCUT2D eigenvalue weighted by atomic mass is 35.5. The van der Waals surface area contributed by atoms with E-state index in [2.05, 4.69) is 21.2 Å². The predicted octanol–water partition coefficient (Wildman–Crippen LogP) is 3.72. The summed E-state index contributed by atoms with van der Waals surface area (Å²) in [6, 6.07) is 12.2. The van der Waals surface area contributed by atoms with Gasteiger partial charge in [0.05, 0.1) is 0 Å². The van der Waals surface area contributed by atoms with Crippen LogP contribution in [0.25, 0.3) is 11.3 Å². The second kappa shape index (κ2) is 7.96.